The minimum Gasteiger partial charge on any atom is -0.633 e. The molecule has 0 aliphatic carbocycles. The Bertz CT molecular complexity index is 100. The summed E-state index contributed by atoms with van der Waals surface area (Å²) in [5, 5.41) is 11.7. The lowest BCUT2D eigenvalue weighted by atomic mass is 10.2. The van der Waals surface area contributed by atoms with Gasteiger partial charge in [0.25, 0.3) is 0 Å². The maximum atomic E-state index is 11.7. The van der Waals surface area contributed by atoms with Crippen LogP contribution in [0, 0.1) is 5.21 Å². The van der Waals surface area contributed by atoms with Crippen LogP contribution in [0.5, 0.6) is 0 Å². The molecule has 2 heteroatoms. The molecule has 0 aliphatic rings. The maximum Gasteiger partial charge on any atom is 0.0783 e. The average Bonchev–Trinajstić information content (AvgIpc) is 2.12. The van der Waals surface area contributed by atoms with E-state index in [1.807, 2.05) is 13.8 Å². The van der Waals surface area contributed by atoms with Gasteiger partial charge < -0.3 is 9.85 Å². The first-order valence-corrected chi connectivity index (χ1v) is 5.25. The van der Waals surface area contributed by atoms with E-state index < -0.39 is 0 Å². The van der Waals surface area contributed by atoms with Crippen molar-refractivity contribution in [2.45, 2.75) is 46.5 Å². The summed E-state index contributed by atoms with van der Waals surface area (Å²) in [6, 6.07) is 0. The van der Waals surface area contributed by atoms with Crippen LogP contribution < -0.4 is 0 Å². The van der Waals surface area contributed by atoms with Crippen LogP contribution in [0.15, 0.2) is 0 Å². The van der Waals surface area contributed by atoms with E-state index in [0.717, 1.165) is 26.1 Å². The van der Waals surface area contributed by atoms with Crippen molar-refractivity contribution in [1.29, 1.82) is 0 Å². The normalized spacial score (nSPS) is 12.0. The summed E-state index contributed by atoms with van der Waals surface area (Å²) in [6.45, 7) is 8.42. The molecule has 0 aromatic rings. The zero-order valence-corrected chi connectivity index (χ0v) is 8.81. The summed E-state index contributed by atoms with van der Waals surface area (Å²) in [5.41, 5.74) is 0. The van der Waals surface area contributed by atoms with Crippen LogP contribution in [0.1, 0.15) is 46.5 Å². The highest BCUT2D eigenvalue weighted by Crippen LogP contribution is 2.08. The fourth-order valence-electron chi connectivity index (χ4n) is 1.37. The molecule has 0 N–H and O–H groups in total. The Kier molecular flexibility index (Phi) is 6.39. The lowest BCUT2D eigenvalue weighted by Gasteiger charge is -2.41. The van der Waals surface area contributed by atoms with Gasteiger partial charge >= 0.3 is 0 Å². The smallest absolute Gasteiger partial charge is 0.0783 e. The number of hydrogen-bond donors (Lipinski definition) is 0. The lowest BCUT2D eigenvalue weighted by Crippen LogP contribution is -2.42. The Morgan fingerprint density at radius 2 is 1.50 bits per heavy atom. The summed E-state index contributed by atoms with van der Waals surface area (Å²) in [6.07, 6.45) is 4.84. The Morgan fingerprint density at radius 3 is 1.92 bits per heavy atom. The first-order chi connectivity index (χ1) is 5.68. The van der Waals surface area contributed by atoms with Gasteiger partial charge in [0.15, 0.2) is 0 Å². The average molecular weight is 173 g/mol. The first-order valence-electron chi connectivity index (χ1n) is 5.25. The van der Waals surface area contributed by atoms with Gasteiger partial charge in [-0.15, -0.1) is 0 Å². The van der Waals surface area contributed by atoms with Gasteiger partial charge in [0.05, 0.1) is 19.6 Å². The number of nitrogens with zero attached hydrogens (tertiary/aromatic N) is 1. The van der Waals surface area contributed by atoms with Crippen molar-refractivity contribution in [3.63, 3.8) is 0 Å². The molecule has 0 amide bonds. The van der Waals surface area contributed by atoms with Crippen LogP contribution in [0.25, 0.3) is 0 Å². The van der Waals surface area contributed by atoms with E-state index in [9.17, 15) is 5.21 Å². The van der Waals surface area contributed by atoms with Crippen molar-refractivity contribution >= 4 is 0 Å². The van der Waals surface area contributed by atoms with Crippen molar-refractivity contribution in [2.75, 3.05) is 19.6 Å². The number of hydrogen-bond acceptors (Lipinski definition) is 1. The van der Waals surface area contributed by atoms with E-state index >= 15 is 0 Å². The van der Waals surface area contributed by atoms with E-state index in [1.54, 1.807) is 0 Å². The van der Waals surface area contributed by atoms with Gasteiger partial charge in [0, 0.05) is 0 Å². The molecule has 0 spiro atoms. The maximum absolute atomic E-state index is 11.7. The third kappa shape index (κ3) is 4.73. The Hall–Kier alpha value is -0.0800. The minimum absolute atomic E-state index is 0.00368. The molecule has 0 saturated carbocycles. The predicted octanol–water partition coefficient (Wildman–Crippen LogP) is 2.92. The third-order valence-corrected chi connectivity index (χ3v) is 2.57. The molecule has 0 fully saturated rings. The van der Waals surface area contributed by atoms with Gasteiger partial charge in [-0.05, 0) is 26.7 Å². The Labute approximate surface area is 76.7 Å². The SMILES string of the molecule is CCCCCC[N+]([O-])(CC)CC. The second kappa shape index (κ2) is 6.44. The highest BCUT2D eigenvalue weighted by molar-refractivity contribution is 4.43. The van der Waals surface area contributed by atoms with Gasteiger partial charge in [0.1, 0.15) is 0 Å². The molecule has 0 unspecified atom stereocenters. The van der Waals surface area contributed by atoms with Crippen LogP contribution >= 0.6 is 0 Å². The van der Waals surface area contributed by atoms with Crippen LogP contribution in [-0.2, 0) is 0 Å². The Balaban J connectivity index is 3.45. The molecule has 0 saturated heterocycles. The quantitative estimate of drug-likeness (QED) is 0.330. The van der Waals surface area contributed by atoms with Crippen molar-refractivity contribution < 1.29 is 4.65 Å². The fourth-order valence-corrected chi connectivity index (χ4v) is 1.37. The summed E-state index contributed by atoms with van der Waals surface area (Å²) < 4.78 is 0.00368. The lowest BCUT2D eigenvalue weighted by molar-refractivity contribution is -0.877. The van der Waals surface area contributed by atoms with Crippen LogP contribution in [0.2, 0.25) is 0 Å². The second-order valence-corrected chi connectivity index (χ2v) is 3.47. The van der Waals surface area contributed by atoms with E-state index in [0.29, 0.717) is 0 Å². The zero-order valence-electron chi connectivity index (χ0n) is 8.81. The second-order valence-electron chi connectivity index (χ2n) is 3.47. The first kappa shape index (κ1) is 11.9. The largest absolute Gasteiger partial charge is 0.633 e. The highest BCUT2D eigenvalue weighted by atomic mass is 16.5. The summed E-state index contributed by atoms with van der Waals surface area (Å²) in [5.74, 6) is 0. The van der Waals surface area contributed by atoms with E-state index in [1.165, 1.54) is 19.3 Å². The van der Waals surface area contributed by atoms with Crippen molar-refractivity contribution in [1.82, 2.24) is 0 Å². The van der Waals surface area contributed by atoms with Gasteiger partial charge in [-0.2, -0.15) is 0 Å². The molecule has 0 atom stereocenters. The number of quaternary nitrogens is 1. The molecule has 0 heterocycles. The van der Waals surface area contributed by atoms with Crippen LogP contribution in [0.4, 0.5) is 0 Å². The van der Waals surface area contributed by atoms with Crippen molar-refractivity contribution in [3.05, 3.63) is 5.21 Å². The molecule has 2 nitrogen and oxygen atoms in total. The third-order valence-electron chi connectivity index (χ3n) is 2.57. The molecule has 0 aliphatic heterocycles. The zero-order chi connectivity index (χ0) is 9.45. The molecule has 12 heavy (non-hydrogen) atoms. The molecule has 0 bridgehead atoms. The monoisotopic (exact) mass is 173 g/mol. The number of rotatable bonds is 7. The molecule has 0 radical (unpaired) electrons. The molecule has 0 aromatic heterocycles. The fraction of sp³-hybridized carbons (Fsp3) is 1.00. The minimum atomic E-state index is 0.00368. The van der Waals surface area contributed by atoms with Crippen LogP contribution in [-0.4, -0.2) is 24.3 Å². The topological polar surface area (TPSA) is 23.1 Å². The molecule has 0 aromatic carbocycles. The summed E-state index contributed by atoms with van der Waals surface area (Å²) in [4.78, 5) is 0. The van der Waals surface area contributed by atoms with E-state index in [4.69, 9.17) is 0 Å². The number of unbranched alkanes of at least 4 members (excludes halogenated alkanes) is 3. The summed E-state index contributed by atoms with van der Waals surface area (Å²) in [7, 11) is 0. The van der Waals surface area contributed by atoms with Crippen LogP contribution in [0.3, 0.4) is 0 Å². The van der Waals surface area contributed by atoms with Gasteiger partial charge in [-0.25, -0.2) is 0 Å². The van der Waals surface area contributed by atoms with Crippen molar-refractivity contribution in [2.24, 2.45) is 0 Å². The number of hydroxylamine groups is 3. The standard InChI is InChI=1S/C10H23NO/c1-4-7-8-9-10-11(12,5-2)6-3/h4-10H2,1-3H3. The molecule has 0 rings (SSSR count). The molecular weight excluding hydrogens is 150 g/mol. The molecular formula is C10H23NO. The van der Waals surface area contributed by atoms with Gasteiger partial charge in [0.2, 0.25) is 0 Å². The van der Waals surface area contributed by atoms with E-state index in [-0.39, 0.29) is 4.65 Å². The van der Waals surface area contributed by atoms with Gasteiger partial charge in [-0.1, -0.05) is 19.8 Å². The Morgan fingerprint density at radius 1 is 0.917 bits per heavy atom. The van der Waals surface area contributed by atoms with Crippen molar-refractivity contribution in [3.8, 4) is 0 Å². The van der Waals surface area contributed by atoms with E-state index in [2.05, 4.69) is 6.92 Å². The summed E-state index contributed by atoms with van der Waals surface area (Å²) >= 11 is 0. The highest BCUT2D eigenvalue weighted by Gasteiger charge is 2.09. The predicted molar refractivity (Wildman–Crippen MR) is 53.7 cm³/mol. The van der Waals surface area contributed by atoms with Gasteiger partial charge in [-0.3, -0.25) is 0 Å². The molecule has 74 valence electrons.